The van der Waals surface area contributed by atoms with Gasteiger partial charge in [-0.3, -0.25) is 0 Å². The number of anilines is 1. The van der Waals surface area contributed by atoms with Gasteiger partial charge in [0, 0.05) is 20.2 Å². The maximum Gasteiger partial charge on any atom is 0.358 e. The molecule has 18 heavy (non-hydrogen) atoms. The van der Waals surface area contributed by atoms with Crippen molar-refractivity contribution in [3.63, 3.8) is 0 Å². The van der Waals surface area contributed by atoms with E-state index in [-0.39, 0.29) is 5.69 Å². The first kappa shape index (κ1) is 12.8. The van der Waals surface area contributed by atoms with Gasteiger partial charge in [0.1, 0.15) is 5.76 Å². The second-order valence-corrected chi connectivity index (χ2v) is 5.70. The third kappa shape index (κ3) is 2.99. The quantitative estimate of drug-likeness (QED) is 0.828. The van der Waals surface area contributed by atoms with Crippen LogP contribution in [0.3, 0.4) is 0 Å². The fourth-order valence-electron chi connectivity index (χ4n) is 1.06. The first-order chi connectivity index (χ1) is 8.56. The van der Waals surface area contributed by atoms with Crippen LogP contribution in [0.15, 0.2) is 14.9 Å². The average Bonchev–Trinajstić information content (AvgIpc) is 2.95. The van der Waals surface area contributed by atoms with E-state index in [1.165, 1.54) is 29.2 Å². The lowest BCUT2D eigenvalue weighted by Crippen LogP contribution is -2.07. The lowest BCUT2D eigenvalue weighted by Gasteiger charge is -2.03. The van der Waals surface area contributed by atoms with Gasteiger partial charge in [0.15, 0.2) is 10.0 Å². The summed E-state index contributed by atoms with van der Waals surface area (Å²) in [5.41, 5.74) is -0.0863. The molecule has 0 unspecified atom stereocenters. The number of hydrogen-bond donors (Lipinski definition) is 1. The Morgan fingerprint density at radius 1 is 1.56 bits per heavy atom. The van der Waals surface area contributed by atoms with Crippen molar-refractivity contribution in [2.24, 2.45) is 0 Å². The summed E-state index contributed by atoms with van der Waals surface area (Å²) >= 11 is 2.89. The first-order valence-electron chi connectivity index (χ1n) is 4.89. The van der Waals surface area contributed by atoms with E-state index in [0.717, 1.165) is 9.47 Å². The van der Waals surface area contributed by atoms with Crippen molar-refractivity contribution in [2.45, 2.75) is 10.1 Å². The summed E-state index contributed by atoms with van der Waals surface area (Å²) in [6, 6.07) is 1.41. The Kier molecular flexibility index (Phi) is 3.82. The van der Waals surface area contributed by atoms with E-state index < -0.39 is 5.97 Å². The Hall–Kier alpha value is -1.61. The van der Waals surface area contributed by atoms with E-state index >= 15 is 0 Å². The second-order valence-electron chi connectivity index (χ2n) is 3.52. The van der Waals surface area contributed by atoms with Crippen LogP contribution in [0.2, 0.25) is 0 Å². The van der Waals surface area contributed by atoms with Crippen LogP contribution in [0.25, 0.3) is 0 Å². The molecule has 0 saturated heterocycles. The molecule has 2 aromatic heterocycles. The minimum Gasteiger partial charge on any atom is -0.476 e. The van der Waals surface area contributed by atoms with Gasteiger partial charge in [-0.25, -0.2) is 4.79 Å². The standard InChI is InChI=1S/C9H10N4O3S2/c1-13(2)8-10-11-9(18-8)17-4-5-3-6(7(14)15)12-16-5/h3H,4H2,1-2H3,(H,14,15). The first-order valence-corrected chi connectivity index (χ1v) is 6.69. The zero-order chi connectivity index (χ0) is 13.1. The molecule has 2 heterocycles. The van der Waals surface area contributed by atoms with E-state index in [9.17, 15) is 4.79 Å². The number of carboxylic acids is 1. The molecule has 96 valence electrons. The van der Waals surface area contributed by atoms with Gasteiger partial charge >= 0.3 is 5.97 Å². The highest BCUT2D eigenvalue weighted by Crippen LogP contribution is 2.29. The van der Waals surface area contributed by atoms with Gasteiger partial charge in [0.25, 0.3) is 0 Å². The Balaban J connectivity index is 1.95. The van der Waals surface area contributed by atoms with Crippen molar-refractivity contribution in [3.8, 4) is 0 Å². The largest absolute Gasteiger partial charge is 0.476 e. The van der Waals surface area contributed by atoms with E-state index in [2.05, 4.69) is 15.4 Å². The molecule has 0 aliphatic rings. The second kappa shape index (κ2) is 5.36. The monoisotopic (exact) mass is 286 g/mol. The van der Waals surface area contributed by atoms with Gasteiger partial charge in [-0.1, -0.05) is 28.3 Å². The summed E-state index contributed by atoms with van der Waals surface area (Å²) < 4.78 is 5.69. The molecule has 0 amide bonds. The molecule has 9 heteroatoms. The predicted octanol–water partition coefficient (Wildman–Crippen LogP) is 1.58. The molecule has 0 bridgehead atoms. The molecule has 0 atom stereocenters. The molecular weight excluding hydrogens is 276 g/mol. The van der Waals surface area contributed by atoms with Crippen molar-refractivity contribution in [2.75, 3.05) is 19.0 Å². The lowest BCUT2D eigenvalue weighted by molar-refractivity contribution is 0.0685. The van der Waals surface area contributed by atoms with E-state index in [4.69, 9.17) is 9.63 Å². The molecule has 0 aliphatic heterocycles. The molecule has 1 N–H and O–H groups in total. The van der Waals surface area contributed by atoms with Crippen LogP contribution in [-0.2, 0) is 5.75 Å². The van der Waals surface area contributed by atoms with E-state index in [0.29, 0.717) is 11.5 Å². The van der Waals surface area contributed by atoms with Crippen molar-refractivity contribution >= 4 is 34.2 Å². The van der Waals surface area contributed by atoms with Gasteiger partial charge in [0.05, 0.1) is 5.75 Å². The molecular formula is C9H10N4O3S2. The Morgan fingerprint density at radius 2 is 2.33 bits per heavy atom. The van der Waals surface area contributed by atoms with Gasteiger partial charge in [-0.15, -0.1) is 10.2 Å². The van der Waals surface area contributed by atoms with E-state index in [1.54, 1.807) is 0 Å². The van der Waals surface area contributed by atoms with Crippen LogP contribution in [0.4, 0.5) is 5.13 Å². The molecule has 0 radical (unpaired) electrons. The molecule has 0 aliphatic carbocycles. The topological polar surface area (TPSA) is 92.4 Å². The molecule has 0 aromatic carbocycles. The van der Waals surface area contributed by atoms with Crippen molar-refractivity contribution in [1.29, 1.82) is 0 Å². The highest BCUT2D eigenvalue weighted by atomic mass is 32.2. The van der Waals surface area contributed by atoms with Crippen LogP contribution in [0, 0.1) is 0 Å². The zero-order valence-electron chi connectivity index (χ0n) is 9.65. The number of rotatable bonds is 5. The third-order valence-corrected chi connectivity index (χ3v) is 4.14. The molecule has 0 fully saturated rings. The molecule has 0 spiro atoms. The molecule has 7 nitrogen and oxygen atoms in total. The Labute approximate surface area is 111 Å². The number of thioether (sulfide) groups is 1. The van der Waals surface area contributed by atoms with Gasteiger partial charge in [-0.05, 0) is 0 Å². The lowest BCUT2D eigenvalue weighted by atomic mass is 10.4. The number of aromatic carboxylic acids is 1. The summed E-state index contributed by atoms with van der Waals surface area (Å²) in [6.07, 6.45) is 0. The zero-order valence-corrected chi connectivity index (χ0v) is 11.3. The normalized spacial score (nSPS) is 10.6. The maximum atomic E-state index is 10.6. The summed E-state index contributed by atoms with van der Waals surface area (Å²) in [4.78, 5) is 12.5. The smallest absolute Gasteiger partial charge is 0.358 e. The highest BCUT2D eigenvalue weighted by molar-refractivity contribution is 8.00. The van der Waals surface area contributed by atoms with Crippen LogP contribution >= 0.6 is 23.1 Å². The number of carboxylic acid groups (broad SMARTS) is 1. The summed E-state index contributed by atoms with van der Waals surface area (Å²) in [6.45, 7) is 0. The average molecular weight is 286 g/mol. The summed E-state index contributed by atoms with van der Waals surface area (Å²) in [5.74, 6) is -0.123. The van der Waals surface area contributed by atoms with Gasteiger partial charge in [-0.2, -0.15) is 0 Å². The van der Waals surface area contributed by atoms with Crippen molar-refractivity contribution in [1.82, 2.24) is 15.4 Å². The number of carbonyl (C=O) groups is 1. The third-order valence-electron chi connectivity index (χ3n) is 1.89. The van der Waals surface area contributed by atoms with E-state index in [1.807, 2.05) is 19.0 Å². The van der Waals surface area contributed by atoms with Crippen molar-refractivity contribution in [3.05, 3.63) is 17.5 Å². The molecule has 2 aromatic rings. The van der Waals surface area contributed by atoms with Crippen molar-refractivity contribution < 1.29 is 14.4 Å². The predicted molar refractivity (Wildman–Crippen MR) is 67.3 cm³/mol. The Bertz CT molecular complexity index is 552. The maximum absolute atomic E-state index is 10.6. The number of hydrogen-bond acceptors (Lipinski definition) is 8. The summed E-state index contributed by atoms with van der Waals surface area (Å²) in [5, 5.41) is 20.9. The SMILES string of the molecule is CN(C)c1nnc(SCc2cc(C(=O)O)no2)s1. The minimum absolute atomic E-state index is 0.0863. The van der Waals surface area contributed by atoms with Crippen LogP contribution < -0.4 is 4.90 Å². The number of nitrogens with zero attached hydrogens (tertiary/aromatic N) is 4. The van der Waals surface area contributed by atoms with Crippen LogP contribution in [0.1, 0.15) is 16.2 Å². The fraction of sp³-hybridized carbons (Fsp3) is 0.333. The van der Waals surface area contributed by atoms with Crippen LogP contribution in [0.5, 0.6) is 0 Å². The highest BCUT2D eigenvalue weighted by Gasteiger charge is 2.12. The number of aromatic nitrogens is 3. The van der Waals surface area contributed by atoms with Gasteiger partial charge < -0.3 is 14.5 Å². The fourth-order valence-corrected chi connectivity index (χ4v) is 2.69. The van der Waals surface area contributed by atoms with Gasteiger partial charge in [0.2, 0.25) is 5.13 Å². The minimum atomic E-state index is -1.10. The van der Waals surface area contributed by atoms with Crippen LogP contribution in [-0.4, -0.2) is 40.5 Å². The summed E-state index contributed by atoms with van der Waals surface area (Å²) in [7, 11) is 3.79. The Morgan fingerprint density at radius 3 is 2.89 bits per heavy atom. The molecule has 0 saturated carbocycles. The molecule has 2 rings (SSSR count).